The van der Waals surface area contributed by atoms with Gasteiger partial charge in [0, 0.05) is 105 Å². The van der Waals surface area contributed by atoms with Crippen molar-refractivity contribution in [1.29, 1.82) is 0 Å². The lowest BCUT2D eigenvalue weighted by atomic mass is 9.51. The minimum absolute atomic E-state index is 0.0384. The first kappa shape index (κ1) is 104. The van der Waals surface area contributed by atoms with E-state index < -0.39 is 245 Å². The normalized spacial score (nSPS) is 50.8. The molecule has 5 spiro atoms. The molecule has 31 atom stereocenters. The van der Waals surface area contributed by atoms with Crippen LogP contribution in [0.15, 0.2) is 0 Å². The van der Waals surface area contributed by atoms with E-state index in [1.807, 2.05) is 0 Å². The Labute approximate surface area is 857 Å². The van der Waals surface area contributed by atoms with Gasteiger partial charge < -0.3 is 114 Å². The summed E-state index contributed by atoms with van der Waals surface area (Å²) in [6.07, 6.45) is 5.78. The van der Waals surface area contributed by atoms with E-state index in [2.05, 4.69) is 0 Å². The Kier molecular flexibility index (Phi) is 24.4. The molecule has 31 unspecified atom stereocenters. The number of carbonyl (C=O) groups excluding carboxylic acids is 12. The van der Waals surface area contributed by atoms with Crippen molar-refractivity contribution in [3.63, 3.8) is 0 Å². The van der Waals surface area contributed by atoms with Crippen molar-refractivity contribution >= 4 is 119 Å². The quantitative estimate of drug-likeness (QED) is 0.0834. The summed E-state index contributed by atoms with van der Waals surface area (Å²) in [6.45, 7) is 5.31. The Hall–Kier alpha value is -6.14. The van der Waals surface area contributed by atoms with E-state index in [1.54, 1.807) is 54.2 Å². The number of thioether (sulfide) groups is 4. The average Bonchev–Trinajstić information content (AvgIpc) is 1.55. The summed E-state index contributed by atoms with van der Waals surface area (Å²) >= 11 is 6.95. The zero-order valence-corrected chi connectivity index (χ0v) is 85.3. The third-order valence-electron chi connectivity index (χ3n) is 37.3. The van der Waals surface area contributed by atoms with E-state index in [9.17, 15) is 101 Å². The molecule has 0 radical (unpaired) electrons. The summed E-state index contributed by atoms with van der Waals surface area (Å²) in [6, 6.07) is 0. The predicted octanol–water partition coefficient (Wildman–Crippen LogP) is 11.5. The molecule has 33 aliphatic rings. The van der Waals surface area contributed by atoms with Crippen LogP contribution in [0.2, 0.25) is 0 Å². The Morgan fingerprint density at radius 2 is 0.574 bits per heavy atom. The van der Waals surface area contributed by atoms with Crippen LogP contribution in [0.4, 0.5) is 43.9 Å². The van der Waals surface area contributed by atoms with Gasteiger partial charge in [-0.25, -0.2) is 28.8 Å². The van der Waals surface area contributed by atoms with Crippen LogP contribution < -0.4 is 0 Å². The van der Waals surface area contributed by atoms with Gasteiger partial charge in [-0.2, -0.15) is 43.9 Å². The lowest BCUT2D eigenvalue weighted by Crippen LogP contribution is -2.66. The maximum absolute atomic E-state index is 13.5. The molecule has 0 aromatic heterocycles. The van der Waals surface area contributed by atoms with Gasteiger partial charge >= 0.3 is 101 Å². The van der Waals surface area contributed by atoms with Gasteiger partial charge in [0.05, 0.1) is 18.7 Å². The zero-order valence-electron chi connectivity index (χ0n) is 82.1. The maximum Gasteiger partial charge on any atom is 0.377 e. The summed E-state index contributed by atoms with van der Waals surface area (Å²) in [5, 5.41) is -0.395. The Morgan fingerprint density at radius 1 is 0.297 bits per heavy atom. The van der Waals surface area contributed by atoms with Crippen molar-refractivity contribution in [3.05, 3.63) is 0 Å². The second kappa shape index (κ2) is 34.9. The number of rotatable bonds is 15. The standard InChI is InChI=1S/C21H24F2O9.C21H24F2O7S2.C20H24F2O8.C18H22F2O7.C18H22F2O5S2/c1-8(24)27-16-13-12(15(25)29-16)14-17(28-13)31-21(30-14)10-3-9-4-11(21)7-20(5-9,6-10)32-18(26)19(2,22)23;1-8(24)27-16-13-12(15(25)29-16)14-17(28-13)32-21(31-14)10-3-9-4-11(21)7-20(5-9,6-10)30-18(26)19(2,22)23;1-18(21,22)17(24)30-19-5-8-3-9(6-19)20(10(4-8)7-19)28-13-11-12(26-16(13)29-20)15(25-2)27-14(11)23;1-16(19,20)15(22)27-17-5-8-3-9(6-17)18(10(4-8)7-17)25-11-12(26-18)14(23-2)24-13(11)21;1-16(19,20)15(22)25-17-5-8-3-9(6-17)18(10(4-8)7-17)26-11-12(27-18)14(23-2)24-13(11)21/h2*9-14,16-17H,3-7H2,1-2H3;8-13,15-16H,3-7H2,1-2H3;2*8-12,14H,3-7H2,1-2H3. The molecule has 50 heteroatoms. The molecule has 20 saturated carbocycles. The number of ether oxygens (including phenoxy) is 24. The molecule has 13 heterocycles. The Bertz CT molecular complexity index is 5120. The van der Waals surface area contributed by atoms with Crippen LogP contribution in [-0.4, -0.2) is 284 Å². The maximum atomic E-state index is 13.5. The predicted molar refractivity (Wildman–Crippen MR) is 472 cm³/mol. The van der Waals surface area contributed by atoms with Crippen molar-refractivity contribution in [2.75, 3.05) is 21.3 Å². The van der Waals surface area contributed by atoms with Crippen LogP contribution in [0.3, 0.4) is 0 Å². The third kappa shape index (κ3) is 16.5. The summed E-state index contributed by atoms with van der Waals surface area (Å²) in [7, 11) is 4.43. The molecule has 13 saturated heterocycles. The minimum Gasteiger partial charge on any atom is -0.455 e. The molecule has 33 rings (SSSR count). The number of carbonyl (C=O) groups is 12. The molecule has 33 fully saturated rings. The molecule has 20 aliphatic carbocycles. The summed E-state index contributed by atoms with van der Waals surface area (Å²) < 4.78 is 269. The third-order valence-corrected chi connectivity index (χ3v) is 45.9. The largest absolute Gasteiger partial charge is 0.455 e. The van der Waals surface area contributed by atoms with Crippen LogP contribution in [0.25, 0.3) is 0 Å². The van der Waals surface area contributed by atoms with Crippen molar-refractivity contribution < 1.29 is 215 Å². The van der Waals surface area contributed by atoms with Gasteiger partial charge in [0.2, 0.25) is 18.9 Å². The summed E-state index contributed by atoms with van der Waals surface area (Å²) in [4.78, 5) is 144. The molecule has 0 aromatic rings. The zero-order chi connectivity index (χ0) is 105. The SMILES string of the molecule is CC(=O)OC1OC(=O)C2C1OC1OC3(OC12)C1CC2CC3CC(OC(=O)C(C)(F)F)(C2)C1.CC(=O)OC1OC(=O)C2C1OC1SC3(SC12)C1CC2CC3CC(OC(=O)C(C)(F)F)(C2)C1.COC1OC(=O)C2C1OC1OC3(OC12)C1CC2CC3CC(OC(=O)C(C)(F)F)(C2)C1.COC1OC(=O)C2OC3(OC12)C1CC2CC3CC(OC(=O)C(C)(F)F)(C2)C1.COC1OC(=O)C2SC3(SC12)C1CC2CC3CC(OC(=O)C(C)(F)F)(C2)C1. The van der Waals surface area contributed by atoms with E-state index in [1.165, 1.54) is 28.1 Å². The fourth-order valence-electron chi connectivity index (χ4n) is 32.9. The molecule has 818 valence electrons. The fourth-order valence-corrected chi connectivity index (χ4v) is 41.9. The number of methoxy groups -OCH3 is 3. The van der Waals surface area contributed by atoms with Crippen LogP contribution in [0.5, 0.6) is 0 Å². The topological polar surface area (TPSA) is 426 Å². The number of alkyl halides is 10. The molecule has 13 aliphatic heterocycles. The molecule has 0 amide bonds. The first-order valence-corrected chi connectivity index (χ1v) is 54.7. The first-order valence-electron chi connectivity index (χ1n) is 51.2. The van der Waals surface area contributed by atoms with Gasteiger partial charge in [-0.1, -0.05) is 0 Å². The summed E-state index contributed by atoms with van der Waals surface area (Å²) in [5.41, 5.74) is -4.55. The molecule has 0 aromatic carbocycles. The van der Waals surface area contributed by atoms with E-state index in [0.29, 0.717) is 143 Å². The smallest absolute Gasteiger partial charge is 0.377 e. The molecular weight excluding hydrogens is 2070 g/mol. The van der Waals surface area contributed by atoms with Gasteiger partial charge in [0.1, 0.15) is 80.9 Å². The lowest BCUT2D eigenvalue weighted by Gasteiger charge is -2.63. The number of hydrogen-bond donors (Lipinski definition) is 0. The average molecular weight is 2190 g/mol. The highest BCUT2D eigenvalue weighted by molar-refractivity contribution is 8.22. The Balaban J connectivity index is 0.0000000990. The lowest BCUT2D eigenvalue weighted by molar-refractivity contribution is -0.344. The minimum atomic E-state index is -3.55. The van der Waals surface area contributed by atoms with Crippen molar-refractivity contribution in [2.45, 2.75) is 400 Å². The van der Waals surface area contributed by atoms with Crippen LogP contribution in [0.1, 0.15) is 209 Å². The Morgan fingerprint density at radius 3 is 0.919 bits per heavy atom. The summed E-state index contributed by atoms with van der Waals surface area (Å²) in [5.74, 6) is -31.5. The number of esters is 12. The molecule has 148 heavy (non-hydrogen) atoms. The van der Waals surface area contributed by atoms with Gasteiger partial charge in [0.25, 0.3) is 12.6 Å². The highest BCUT2D eigenvalue weighted by atomic mass is 32.2. The number of cyclic esters (lactones) is 5. The van der Waals surface area contributed by atoms with Crippen LogP contribution in [-0.2, 0) is 171 Å². The van der Waals surface area contributed by atoms with Gasteiger partial charge in [-0.05, 0) is 214 Å². The van der Waals surface area contributed by atoms with E-state index in [-0.39, 0.29) is 112 Å². The van der Waals surface area contributed by atoms with Crippen molar-refractivity contribution in [3.8, 4) is 0 Å². The first-order chi connectivity index (χ1) is 69.4. The molecule has 20 bridgehead atoms. The van der Waals surface area contributed by atoms with Crippen LogP contribution in [0, 0.1) is 107 Å². The number of hydrogen-bond acceptors (Lipinski definition) is 40. The van der Waals surface area contributed by atoms with Gasteiger partial charge in [-0.15, -0.1) is 47.0 Å². The van der Waals surface area contributed by atoms with Crippen molar-refractivity contribution in [2.24, 2.45) is 107 Å². The highest BCUT2D eigenvalue weighted by Gasteiger charge is 2.81. The highest BCUT2D eigenvalue weighted by Crippen LogP contribution is 2.79. The van der Waals surface area contributed by atoms with E-state index in [4.69, 9.17) is 114 Å². The molecule has 36 nitrogen and oxygen atoms in total. The second-order valence-electron chi connectivity index (χ2n) is 47.4. The van der Waals surface area contributed by atoms with E-state index in [0.717, 1.165) is 64.2 Å². The van der Waals surface area contributed by atoms with Gasteiger partial charge in [0.15, 0.2) is 48.3 Å². The molecule has 0 N–H and O–H groups in total. The van der Waals surface area contributed by atoms with Crippen LogP contribution >= 0.6 is 47.0 Å². The fraction of sp³-hybridized carbons (Fsp3) is 0.878. The van der Waals surface area contributed by atoms with E-state index >= 15 is 0 Å². The van der Waals surface area contributed by atoms with Crippen molar-refractivity contribution in [1.82, 2.24) is 0 Å². The van der Waals surface area contributed by atoms with Gasteiger partial charge in [-0.3, -0.25) is 28.8 Å². The number of fused-ring (bicyclic) bond motifs is 11. The monoisotopic (exact) mass is 2190 g/mol. The second-order valence-corrected chi connectivity index (χ2v) is 53.6. The number of halogens is 10. The molecular formula is C98H116F10O36S4.